The molecular weight excluding hydrogens is 574 g/mol. The summed E-state index contributed by atoms with van der Waals surface area (Å²) in [6, 6.07) is 18.5. The van der Waals surface area contributed by atoms with Crippen molar-refractivity contribution >= 4 is 34.6 Å². The average molecular weight is 614 g/mol. The summed E-state index contributed by atoms with van der Waals surface area (Å²) in [6.07, 6.45) is 2.13. The van der Waals surface area contributed by atoms with Crippen molar-refractivity contribution in [1.82, 2.24) is 20.9 Å². The molecule has 0 aliphatic rings. The van der Waals surface area contributed by atoms with E-state index in [0.29, 0.717) is 5.56 Å². The minimum absolute atomic E-state index is 0.0291. The van der Waals surface area contributed by atoms with E-state index in [4.69, 9.17) is 5.73 Å². The summed E-state index contributed by atoms with van der Waals surface area (Å²) in [7, 11) is 0. The fourth-order valence-corrected chi connectivity index (χ4v) is 5.09. The van der Waals surface area contributed by atoms with Crippen molar-refractivity contribution < 1.29 is 29.4 Å². The minimum atomic E-state index is -1.28. The molecule has 1 aromatic heterocycles. The number of carbonyl (C=O) groups excluding carboxylic acids is 3. The van der Waals surface area contributed by atoms with Gasteiger partial charge in [-0.15, -0.1) is 0 Å². The third-order valence-corrected chi connectivity index (χ3v) is 7.60. The molecule has 4 aromatic rings. The zero-order valence-electron chi connectivity index (χ0n) is 25.2. The molecule has 8 N–H and O–H groups in total. The van der Waals surface area contributed by atoms with Crippen molar-refractivity contribution in [2.24, 2.45) is 11.7 Å². The van der Waals surface area contributed by atoms with Crippen molar-refractivity contribution in [2.45, 2.75) is 57.3 Å². The number of carboxylic acids is 1. The standard InChI is InChI=1S/C34H39N5O6/c1-20(2)30(33(43)38-29(34(44)45)17-22-12-14-24(40)15-13-22)39-32(42)28(18-23-19-36-27-11-7-6-10-25(23)27)37-31(41)26(35)16-21-8-4-3-5-9-21/h3-15,19-20,26,28-30,36,40H,16-18,35H2,1-2H3,(H,37,41)(H,38,43)(H,39,42)(H,44,45). The summed E-state index contributed by atoms with van der Waals surface area (Å²) in [5.41, 5.74) is 9.35. The van der Waals surface area contributed by atoms with Gasteiger partial charge in [0.1, 0.15) is 23.9 Å². The van der Waals surface area contributed by atoms with Crippen LogP contribution in [0.2, 0.25) is 0 Å². The molecule has 236 valence electrons. The number of aliphatic carboxylic acids is 1. The Balaban J connectivity index is 1.52. The van der Waals surface area contributed by atoms with Crippen LogP contribution in [0.15, 0.2) is 85.1 Å². The van der Waals surface area contributed by atoms with Crippen molar-refractivity contribution in [3.63, 3.8) is 0 Å². The van der Waals surface area contributed by atoms with Crippen molar-refractivity contribution in [3.8, 4) is 5.75 Å². The molecule has 11 heteroatoms. The monoisotopic (exact) mass is 613 g/mol. The van der Waals surface area contributed by atoms with Crippen LogP contribution in [-0.4, -0.2) is 63.1 Å². The van der Waals surface area contributed by atoms with Crippen LogP contribution < -0.4 is 21.7 Å². The molecule has 45 heavy (non-hydrogen) atoms. The van der Waals surface area contributed by atoms with Gasteiger partial charge in [-0.1, -0.05) is 74.5 Å². The number of nitrogens with one attached hydrogen (secondary N) is 4. The van der Waals surface area contributed by atoms with Gasteiger partial charge in [0.15, 0.2) is 0 Å². The van der Waals surface area contributed by atoms with E-state index in [1.54, 1.807) is 32.2 Å². The van der Waals surface area contributed by atoms with Crippen LogP contribution >= 0.6 is 0 Å². The number of para-hydroxylation sites is 1. The molecule has 1 heterocycles. The molecule has 0 aliphatic carbocycles. The first-order valence-electron chi connectivity index (χ1n) is 14.8. The normalized spacial score (nSPS) is 13.9. The summed E-state index contributed by atoms with van der Waals surface area (Å²) in [4.78, 5) is 55.6. The van der Waals surface area contributed by atoms with Gasteiger partial charge in [-0.05, 0) is 47.2 Å². The molecule has 0 fully saturated rings. The number of aromatic nitrogens is 1. The van der Waals surface area contributed by atoms with E-state index in [1.165, 1.54) is 12.1 Å². The molecule has 4 unspecified atom stereocenters. The number of rotatable bonds is 14. The van der Waals surface area contributed by atoms with E-state index in [2.05, 4.69) is 20.9 Å². The highest BCUT2D eigenvalue weighted by Crippen LogP contribution is 2.20. The van der Waals surface area contributed by atoms with Gasteiger partial charge in [0.25, 0.3) is 0 Å². The fourth-order valence-electron chi connectivity index (χ4n) is 5.09. The molecule has 11 nitrogen and oxygen atoms in total. The highest BCUT2D eigenvalue weighted by Gasteiger charge is 2.32. The van der Waals surface area contributed by atoms with Crippen LogP contribution in [0.3, 0.4) is 0 Å². The van der Waals surface area contributed by atoms with Crippen LogP contribution in [0.5, 0.6) is 5.75 Å². The number of hydrogen-bond acceptors (Lipinski definition) is 6. The van der Waals surface area contributed by atoms with Gasteiger partial charge in [0, 0.05) is 29.9 Å². The lowest BCUT2D eigenvalue weighted by Crippen LogP contribution is -2.59. The number of aromatic hydroxyl groups is 1. The number of carbonyl (C=O) groups is 4. The van der Waals surface area contributed by atoms with Crippen LogP contribution in [0, 0.1) is 5.92 Å². The van der Waals surface area contributed by atoms with Gasteiger partial charge >= 0.3 is 5.97 Å². The number of hydrogen-bond donors (Lipinski definition) is 7. The zero-order chi connectivity index (χ0) is 32.5. The van der Waals surface area contributed by atoms with Gasteiger partial charge in [-0.2, -0.15) is 0 Å². The first-order chi connectivity index (χ1) is 21.5. The van der Waals surface area contributed by atoms with Crippen molar-refractivity contribution in [2.75, 3.05) is 0 Å². The minimum Gasteiger partial charge on any atom is -0.508 e. The number of fused-ring (bicyclic) bond motifs is 1. The number of phenols is 1. The smallest absolute Gasteiger partial charge is 0.326 e. The van der Waals surface area contributed by atoms with E-state index in [0.717, 1.165) is 22.0 Å². The number of benzene rings is 3. The number of phenolic OH excluding ortho intramolecular Hbond substituents is 1. The molecule has 0 radical (unpaired) electrons. The fraction of sp³-hybridized carbons (Fsp3) is 0.294. The Morgan fingerprint density at radius 3 is 2.02 bits per heavy atom. The third kappa shape index (κ3) is 8.93. The molecule has 3 aromatic carbocycles. The second-order valence-electron chi connectivity index (χ2n) is 11.4. The van der Waals surface area contributed by atoms with E-state index in [1.807, 2.05) is 54.6 Å². The Hall–Kier alpha value is -5.16. The van der Waals surface area contributed by atoms with Gasteiger partial charge in [-0.25, -0.2) is 4.79 Å². The van der Waals surface area contributed by atoms with Crippen molar-refractivity contribution in [1.29, 1.82) is 0 Å². The second-order valence-corrected chi connectivity index (χ2v) is 11.4. The van der Waals surface area contributed by atoms with Gasteiger partial charge in [0.2, 0.25) is 17.7 Å². The average Bonchev–Trinajstić information content (AvgIpc) is 3.42. The Kier molecular flexibility index (Phi) is 10.9. The van der Waals surface area contributed by atoms with E-state index < -0.39 is 53.8 Å². The van der Waals surface area contributed by atoms with E-state index >= 15 is 0 Å². The van der Waals surface area contributed by atoms with Gasteiger partial charge < -0.3 is 36.9 Å². The quantitative estimate of drug-likeness (QED) is 0.114. The summed E-state index contributed by atoms with van der Waals surface area (Å²) < 4.78 is 0. The lowest BCUT2D eigenvalue weighted by molar-refractivity contribution is -0.142. The molecule has 0 bridgehead atoms. The van der Waals surface area contributed by atoms with Gasteiger partial charge in [-0.3, -0.25) is 14.4 Å². The molecule has 0 aliphatic heterocycles. The third-order valence-electron chi connectivity index (χ3n) is 7.60. The summed E-state index contributed by atoms with van der Waals surface area (Å²) >= 11 is 0. The number of carboxylic acid groups (broad SMARTS) is 1. The molecule has 4 atom stereocenters. The Bertz CT molecular complexity index is 1620. The lowest BCUT2D eigenvalue weighted by Gasteiger charge is -2.27. The predicted octanol–water partition coefficient (Wildman–Crippen LogP) is 2.42. The highest BCUT2D eigenvalue weighted by molar-refractivity contribution is 5.95. The molecule has 3 amide bonds. The van der Waals surface area contributed by atoms with Crippen molar-refractivity contribution in [3.05, 3.63) is 102 Å². The summed E-state index contributed by atoms with van der Waals surface area (Å²) in [5.74, 6) is -3.44. The number of amides is 3. The largest absolute Gasteiger partial charge is 0.508 e. The molecule has 0 spiro atoms. The second kappa shape index (κ2) is 15.0. The van der Waals surface area contributed by atoms with Crippen LogP contribution in [-0.2, 0) is 38.4 Å². The van der Waals surface area contributed by atoms with Gasteiger partial charge in [0.05, 0.1) is 6.04 Å². The highest BCUT2D eigenvalue weighted by atomic mass is 16.4. The maximum absolute atomic E-state index is 13.8. The molecule has 4 rings (SSSR count). The SMILES string of the molecule is CC(C)C(NC(=O)C(Cc1c[nH]c2ccccc12)NC(=O)C(N)Cc1ccccc1)C(=O)NC(Cc1ccc(O)cc1)C(=O)O. The molecule has 0 saturated heterocycles. The maximum atomic E-state index is 13.8. The van der Waals surface area contributed by atoms with Crippen LogP contribution in [0.4, 0.5) is 0 Å². The van der Waals surface area contributed by atoms with Crippen LogP contribution in [0.1, 0.15) is 30.5 Å². The molecular formula is C34H39N5O6. The zero-order valence-corrected chi connectivity index (χ0v) is 25.2. The first-order valence-corrected chi connectivity index (χ1v) is 14.8. The maximum Gasteiger partial charge on any atom is 0.326 e. The molecule has 0 saturated carbocycles. The lowest BCUT2D eigenvalue weighted by atomic mass is 9.99. The summed E-state index contributed by atoms with van der Waals surface area (Å²) in [5, 5.41) is 28.3. The first kappa shape index (κ1) is 32.7. The Morgan fingerprint density at radius 1 is 0.733 bits per heavy atom. The van der Waals surface area contributed by atoms with E-state index in [9.17, 15) is 29.4 Å². The number of H-pyrrole nitrogens is 1. The van der Waals surface area contributed by atoms with Crippen LogP contribution in [0.25, 0.3) is 10.9 Å². The topological polar surface area (TPSA) is 187 Å². The Morgan fingerprint density at radius 2 is 1.36 bits per heavy atom. The van der Waals surface area contributed by atoms with E-state index in [-0.39, 0.29) is 25.0 Å². The predicted molar refractivity (Wildman–Crippen MR) is 170 cm³/mol. The summed E-state index contributed by atoms with van der Waals surface area (Å²) in [6.45, 7) is 3.45. The Labute approximate surface area is 261 Å². The number of aromatic amines is 1. The number of nitrogens with two attached hydrogens (primary N) is 1.